The van der Waals surface area contributed by atoms with Gasteiger partial charge in [0.2, 0.25) is 10.0 Å². The van der Waals surface area contributed by atoms with Crippen molar-refractivity contribution in [2.75, 3.05) is 19.4 Å². The van der Waals surface area contributed by atoms with Gasteiger partial charge in [-0.25, -0.2) is 8.42 Å². The number of methoxy groups -OCH3 is 1. The SMILES string of the molecule is CCSc1nnc(-c2nn(C)c3c2CN(S(=O)(=O)c2ccc(OC)cc2)CC3)n1C. The van der Waals surface area contributed by atoms with Crippen molar-refractivity contribution >= 4 is 21.8 Å². The highest BCUT2D eigenvalue weighted by Crippen LogP contribution is 2.32. The van der Waals surface area contributed by atoms with Gasteiger partial charge in [-0.3, -0.25) is 4.68 Å². The Morgan fingerprint density at radius 2 is 1.90 bits per heavy atom. The molecule has 0 bridgehead atoms. The Labute approximate surface area is 180 Å². The molecule has 3 aromatic rings. The molecule has 1 aliphatic rings. The van der Waals surface area contributed by atoms with E-state index in [0.29, 0.717) is 30.2 Å². The van der Waals surface area contributed by atoms with Gasteiger partial charge >= 0.3 is 0 Å². The molecule has 0 radical (unpaired) electrons. The maximum Gasteiger partial charge on any atom is 0.243 e. The lowest BCUT2D eigenvalue weighted by Gasteiger charge is -2.27. The Morgan fingerprint density at radius 1 is 1.17 bits per heavy atom. The summed E-state index contributed by atoms with van der Waals surface area (Å²) in [6.07, 6.45) is 0.586. The zero-order valence-corrected chi connectivity index (χ0v) is 19.0. The molecule has 1 aromatic carbocycles. The zero-order chi connectivity index (χ0) is 21.5. The van der Waals surface area contributed by atoms with Gasteiger partial charge in [0, 0.05) is 44.9 Å². The van der Waals surface area contributed by atoms with Crippen molar-refractivity contribution in [2.24, 2.45) is 14.1 Å². The molecule has 0 aliphatic carbocycles. The van der Waals surface area contributed by atoms with E-state index in [0.717, 1.165) is 22.2 Å². The first-order valence-corrected chi connectivity index (χ1v) is 12.0. The zero-order valence-electron chi connectivity index (χ0n) is 17.4. The minimum Gasteiger partial charge on any atom is -0.497 e. The summed E-state index contributed by atoms with van der Waals surface area (Å²) in [6.45, 7) is 2.70. The number of thioether (sulfide) groups is 1. The van der Waals surface area contributed by atoms with Crippen molar-refractivity contribution in [1.82, 2.24) is 28.9 Å². The van der Waals surface area contributed by atoms with Gasteiger partial charge in [0.25, 0.3) is 0 Å². The van der Waals surface area contributed by atoms with Crippen molar-refractivity contribution in [3.05, 3.63) is 35.5 Å². The van der Waals surface area contributed by atoms with E-state index in [1.165, 1.54) is 4.31 Å². The van der Waals surface area contributed by atoms with Gasteiger partial charge in [0.1, 0.15) is 11.4 Å². The number of sulfonamides is 1. The molecule has 0 unspecified atom stereocenters. The average molecular weight is 449 g/mol. The maximum atomic E-state index is 13.2. The van der Waals surface area contributed by atoms with Gasteiger partial charge < -0.3 is 9.30 Å². The fourth-order valence-electron chi connectivity index (χ4n) is 3.63. The Bertz CT molecular complexity index is 1170. The summed E-state index contributed by atoms with van der Waals surface area (Å²) in [6, 6.07) is 6.46. The van der Waals surface area contributed by atoms with Gasteiger partial charge in [0.05, 0.1) is 12.0 Å². The van der Waals surface area contributed by atoms with Crippen LogP contribution in [0.5, 0.6) is 5.75 Å². The van der Waals surface area contributed by atoms with E-state index in [2.05, 4.69) is 22.2 Å². The second-order valence-electron chi connectivity index (χ2n) is 6.96. The summed E-state index contributed by atoms with van der Waals surface area (Å²) in [7, 11) is 1.70. The third-order valence-corrected chi connectivity index (χ3v) is 7.99. The molecule has 0 amide bonds. The molecule has 4 rings (SSSR count). The van der Waals surface area contributed by atoms with E-state index >= 15 is 0 Å². The molecular formula is C19H24N6O3S2. The topological polar surface area (TPSA) is 95.1 Å². The van der Waals surface area contributed by atoms with Crippen molar-refractivity contribution in [1.29, 1.82) is 0 Å². The molecule has 1 aliphatic heterocycles. The molecule has 0 fully saturated rings. The van der Waals surface area contributed by atoms with Crippen LogP contribution in [0.3, 0.4) is 0 Å². The molecule has 11 heteroatoms. The van der Waals surface area contributed by atoms with E-state index in [9.17, 15) is 8.42 Å². The molecular weight excluding hydrogens is 424 g/mol. The minimum atomic E-state index is -3.64. The number of aryl methyl sites for hydroxylation is 1. The monoisotopic (exact) mass is 448 g/mol. The number of aromatic nitrogens is 5. The van der Waals surface area contributed by atoms with E-state index in [4.69, 9.17) is 4.74 Å². The van der Waals surface area contributed by atoms with Crippen LogP contribution in [0.2, 0.25) is 0 Å². The normalized spacial score (nSPS) is 14.7. The largest absolute Gasteiger partial charge is 0.497 e. The van der Waals surface area contributed by atoms with Gasteiger partial charge in [-0.15, -0.1) is 10.2 Å². The van der Waals surface area contributed by atoms with E-state index < -0.39 is 10.0 Å². The standard InChI is InChI=1S/C19H24N6O3S2/c1-5-29-19-21-20-18(23(19)2)17-15-12-25(11-10-16(15)24(3)22-17)30(26,27)14-8-6-13(28-4)7-9-14/h6-9H,5,10-12H2,1-4H3. The molecule has 0 saturated carbocycles. The number of ether oxygens (including phenoxy) is 1. The summed E-state index contributed by atoms with van der Waals surface area (Å²) < 4.78 is 36.8. The summed E-state index contributed by atoms with van der Waals surface area (Å²) in [5.74, 6) is 2.15. The molecule has 160 valence electrons. The first kappa shape index (κ1) is 20.9. The summed E-state index contributed by atoms with van der Waals surface area (Å²) >= 11 is 1.60. The van der Waals surface area contributed by atoms with Gasteiger partial charge in [-0.1, -0.05) is 18.7 Å². The highest BCUT2D eigenvalue weighted by molar-refractivity contribution is 7.99. The molecule has 0 atom stereocenters. The Morgan fingerprint density at radius 3 is 2.57 bits per heavy atom. The lowest BCUT2D eigenvalue weighted by molar-refractivity contribution is 0.386. The summed E-state index contributed by atoms with van der Waals surface area (Å²) in [5.41, 5.74) is 2.59. The fraction of sp³-hybridized carbons (Fsp3) is 0.421. The molecule has 30 heavy (non-hydrogen) atoms. The number of hydrogen-bond donors (Lipinski definition) is 0. The number of hydrogen-bond acceptors (Lipinski definition) is 7. The van der Waals surface area contributed by atoms with Crippen LogP contribution in [-0.2, 0) is 37.1 Å². The number of fused-ring (bicyclic) bond motifs is 1. The Kier molecular flexibility index (Phi) is 5.60. The van der Waals surface area contributed by atoms with Crippen molar-refractivity contribution in [3.63, 3.8) is 0 Å². The third kappa shape index (κ3) is 3.50. The molecule has 2 aromatic heterocycles. The Hall–Kier alpha value is -2.37. The second kappa shape index (κ2) is 8.05. The van der Waals surface area contributed by atoms with Gasteiger partial charge in [-0.2, -0.15) is 9.40 Å². The van der Waals surface area contributed by atoms with E-state index in [-0.39, 0.29) is 11.4 Å². The predicted molar refractivity (Wildman–Crippen MR) is 114 cm³/mol. The maximum absolute atomic E-state index is 13.2. The van der Waals surface area contributed by atoms with Crippen LogP contribution in [0, 0.1) is 0 Å². The minimum absolute atomic E-state index is 0.246. The fourth-order valence-corrected chi connectivity index (χ4v) is 5.67. The quantitative estimate of drug-likeness (QED) is 0.533. The third-order valence-electron chi connectivity index (χ3n) is 5.22. The predicted octanol–water partition coefficient (Wildman–Crippen LogP) is 2.08. The second-order valence-corrected chi connectivity index (χ2v) is 10.1. The number of rotatable bonds is 6. The van der Waals surface area contributed by atoms with Crippen LogP contribution >= 0.6 is 11.8 Å². The van der Waals surface area contributed by atoms with Crippen LogP contribution in [0.25, 0.3) is 11.5 Å². The molecule has 0 saturated heterocycles. The lowest BCUT2D eigenvalue weighted by Crippen LogP contribution is -2.36. The van der Waals surface area contributed by atoms with Crippen molar-refractivity contribution in [2.45, 2.75) is 29.9 Å². The highest BCUT2D eigenvalue weighted by atomic mass is 32.2. The van der Waals surface area contributed by atoms with E-state index in [1.54, 1.807) is 43.1 Å². The first-order chi connectivity index (χ1) is 14.4. The molecule has 0 N–H and O–H groups in total. The number of nitrogens with zero attached hydrogens (tertiary/aromatic N) is 6. The Balaban J connectivity index is 1.70. The van der Waals surface area contributed by atoms with E-state index in [1.807, 2.05) is 23.3 Å². The van der Waals surface area contributed by atoms with Crippen LogP contribution in [0.15, 0.2) is 34.3 Å². The van der Waals surface area contributed by atoms with Crippen LogP contribution in [0.1, 0.15) is 18.2 Å². The highest BCUT2D eigenvalue weighted by Gasteiger charge is 2.33. The number of benzene rings is 1. The molecule has 9 nitrogen and oxygen atoms in total. The van der Waals surface area contributed by atoms with Crippen molar-refractivity contribution in [3.8, 4) is 17.3 Å². The van der Waals surface area contributed by atoms with Crippen LogP contribution < -0.4 is 4.74 Å². The summed E-state index contributed by atoms with van der Waals surface area (Å²) in [5, 5.41) is 14.0. The van der Waals surface area contributed by atoms with Gasteiger partial charge in [-0.05, 0) is 30.0 Å². The van der Waals surface area contributed by atoms with Crippen LogP contribution in [-0.4, -0.2) is 56.7 Å². The lowest BCUT2D eigenvalue weighted by atomic mass is 10.1. The summed E-state index contributed by atoms with van der Waals surface area (Å²) in [4.78, 5) is 0.248. The molecule has 3 heterocycles. The van der Waals surface area contributed by atoms with Gasteiger partial charge in [0.15, 0.2) is 11.0 Å². The van der Waals surface area contributed by atoms with Crippen LogP contribution in [0.4, 0.5) is 0 Å². The first-order valence-electron chi connectivity index (χ1n) is 9.58. The average Bonchev–Trinajstić information content (AvgIpc) is 3.27. The smallest absolute Gasteiger partial charge is 0.243 e. The van der Waals surface area contributed by atoms with Crippen molar-refractivity contribution < 1.29 is 13.2 Å². The molecule has 0 spiro atoms.